The van der Waals surface area contributed by atoms with E-state index in [0.29, 0.717) is 17.9 Å². The van der Waals surface area contributed by atoms with Crippen molar-refractivity contribution in [2.75, 3.05) is 11.1 Å². The van der Waals surface area contributed by atoms with Gasteiger partial charge in [0.05, 0.1) is 12.2 Å². The molecule has 0 unspecified atom stereocenters. The van der Waals surface area contributed by atoms with E-state index in [9.17, 15) is 8.42 Å². The summed E-state index contributed by atoms with van der Waals surface area (Å²) < 4.78 is 22.9. The zero-order valence-corrected chi connectivity index (χ0v) is 11.0. The highest BCUT2D eigenvalue weighted by Gasteiger charge is 2.14. The van der Waals surface area contributed by atoms with Crippen LogP contribution in [-0.2, 0) is 16.6 Å². The number of sulfonamides is 1. The number of nitrogens with one attached hydrogen (secondary N) is 1. The van der Waals surface area contributed by atoms with Gasteiger partial charge in [-0.2, -0.15) is 0 Å². The summed E-state index contributed by atoms with van der Waals surface area (Å²) in [7, 11) is -3.81. The van der Waals surface area contributed by atoms with Crippen LogP contribution in [0.3, 0.4) is 0 Å². The Morgan fingerprint density at radius 2 is 2.17 bits per heavy atom. The van der Waals surface area contributed by atoms with Gasteiger partial charge in [0.2, 0.25) is 10.0 Å². The first kappa shape index (κ1) is 12.8. The van der Waals surface area contributed by atoms with Crippen molar-refractivity contribution in [2.45, 2.75) is 11.4 Å². The van der Waals surface area contributed by atoms with E-state index in [0.717, 1.165) is 5.01 Å². The Bertz CT molecular complexity index is 638. The Morgan fingerprint density at radius 3 is 2.78 bits per heavy atom. The zero-order valence-electron chi connectivity index (χ0n) is 9.33. The highest BCUT2D eigenvalue weighted by atomic mass is 32.2. The summed E-state index contributed by atoms with van der Waals surface area (Å²) in [6.07, 6.45) is 1.69. The maximum atomic E-state index is 11.4. The van der Waals surface area contributed by atoms with Crippen LogP contribution in [0, 0.1) is 0 Å². The van der Waals surface area contributed by atoms with E-state index in [4.69, 9.17) is 10.9 Å². The van der Waals surface area contributed by atoms with Gasteiger partial charge in [0.1, 0.15) is 9.90 Å². The highest BCUT2D eigenvalue weighted by Crippen LogP contribution is 2.23. The van der Waals surface area contributed by atoms with Gasteiger partial charge >= 0.3 is 0 Å². The van der Waals surface area contributed by atoms with Crippen LogP contribution in [0.15, 0.2) is 34.7 Å². The number of hydrogen-bond acceptors (Lipinski definition) is 6. The molecule has 0 aliphatic heterocycles. The summed E-state index contributed by atoms with van der Waals surface area (Å²) in [5, 5.41) is 10.8. The number of nitrogen functional groups attached to an aromatic ring is 1. The quantitative estimate of drug-likeness (QED) is 0.725. The molecule has 0 aliphatic rings. The van der Waals surface area contributed by atoms with E-state index in [1.807, 2.05) is 5.38 Å². The number of rotatable bonds is 4. The third-order valence-electron chi connectivity index (χ3n) is 2.23. The predicted molar refractivity (Wildman–Crippen MR) is 71.7 cm³/mol. The minimum atomic E-state index is -3.81. The third kappa shape index (κ3) is 2.97. The molecule has 0 saturated heterocycles. The van der Waals surface area contributed by atoms with Crippen molar-refractivity contribution < 1.29 is 8.42 Å². The molecule has 0 bridgehead atoms. The van der Waals surface area contributed by atoms with Crippen LogP contribution in [0.4, 0.5) is 11.4 Å². The van der Waals surface area contributed by atoms with Gasteiger partial charge in [-0.05, 0) is 18.2 Å². The fourth-order valence-electron chi connectivity index (χ4n) is 1.43. The van der Waals surface area contributed by atoms with Crippen molar-refractivity contribution in [1.82, 2.24) is 4.98 Å². The standard InChI is InChI=1S/C10H12N4O2S2/c11-7-1-2-8(9(5-7)18(12,15)16)14-6-10-13-3-4-17-10/h1-5,14H,6,11H2,(H2,12,15,16). The average molecular weight is 284 g/mol. The molecule has 0 aliphatic carbocycles. The minimum Gasteiger partial charge on any atom is -0.399 e. The molecule has 1 aromatic heterocycles. The molecule has 0 saturated carbocycles. The predicted octanol–water partition coefficient (Wildman–Crippen LogP) is 0.985. The van der Waals surface area contributed by atoms with Crippen LogP contribution in [0.25, 0.3) is 0 Å². The maximum Gasteiger partial charge on any atom is 0.240 e. The van der Waals surface area contributed by atoms with Gasteiger partial charge in [-0.1, -0.05) is 0 Å². The number of anilines is 2. The van der Waals surface area contributed by atoms with Crippen molar-refractivity contribution in [2.24, 2.45) is 5.14 Å². The Labute approximate surface area is 109 Å². The van der Waals surface area contributed by atoms with Crippen LogP contribution in [0.2, 0.25) is 0 Å². The molecule has 1 heterocycles. The average Bonchev–Trinajstić information content (AvgIpc) is 2.79. The minimum absolute atomic E-state index is 0.0148. The summed E-state index contributed by atoms with van der Waals surface area (Å²) in [5.74, 6) is 0. The summed E-state index contributed by atoms with van der Waals surface area (Å²) in [6.45, 7) is 0.435. The molecule has 0 fully saturated rings. The summed E-state index contributed by atoms with van der Waals surface area (Å²) >= 11 is 1.48. The Hall–Kier alpha value is -1.64. The van der Waals surface area contributed by atoms with Crippen molar-refractivity contribution in [1.29, 1.82) is 0 Å². The second kappa shape index (κ2) is 4.92. The maximum absolute atomic E-state index is 11.4. The summed E-state index contributed by atoms with van der Waals surface area (Å²) in [5.41, 5.74) is 6.32. The van der Waals surface area contributed by atoms with Gasteiger partial charge in [0, 0.05) is 17.3 Å². The highest BCUT2D eigenvalue weighted by molar-refractivity contribution is 7.89. The number of primary sulfonamides is 1. The molecule has 0 amide bonds. The van der Waals surface area contributed by atoms with Gasteiger partial charge in [-0.25, -0.2) is 18.5 Å². The van der Waals surface area contributed by atoms with Crippen molar-refractivity contribution >= 4 is 32.7 Å². The first-order chi connectivity index (χ1) is 8.47. The number of aromatic nitrogens is 1. The Morgan fingerprint density at radius 1 is 1.39 bits per heavy atom. The van der Waals surface area contributed by atoms with Gasteiger partial charge in [0.15, 0.2) is 0 Å². The lowest BCUT2D eigenvalue weighted by Gasteiger charge is -2.10. The number of nitrogens with zero attached hydrogens (tertiary/aromatic N) is 1. The molecular weight excluding hydrogens is 272 g/mol. The van der Waals surface area contributed by atoms with Gasteiger partial charge in [-0.3, -0.25) is 0 Å². The summed E-state index contributed by atoms with van der Waals surface area (Å²) in [6, 6.07) is 4.53. The van der Waals surface area contributed by atoms with Crippen molar-refractivity contribution in [3.8, 4) is 0 Å². The first-order valence-corrected chi connectivity index (χ1v) is 7.44. The van der Waals surface area contributed by atoms with Gasteiger partial charge < -0.3 is 11.1 Å². The monoisotopic (exact) mass is 284 g/mol. The lowest BCUT2D eigenvalue weighted by Crippen LogP contribution is -2.15. The molecule has 8 heteroatoms. The van der Waals surface area contributed by atoms with Gasteiger partial charge in [-0.15, -0.1) is 11.3 Å². The van der Waals surface area contributed by atoms with E-state index < -0.39 is 10.0 Å². The normalized spacial score (nSPS) is 11.4. The van der Waals surface area contributed by atoms with Crippen LogP contribution >= 0.6 is 11.3 Å². The zero-order chi connectivity index (χ0) is 13.2. The smallest absolute Gasteiger partial charge is 0.240 e. The fourth-order valence-corrected chi connectivity index (χ4v) is 2.73. The molecule has 1 aromatic carbocycles. The van der Waals surface area contributed by atoms with Crippen LogP contribution in [0.5, 0.6) is 0 Å². The Balaban J connectivity index is 2.27. The molecule has 18 heavy (non-hydrogen) atoms. The molecule has 96 valence electrons. The molecule has 2 aromatic rings. The fraction of sp³-hybridized carbons (Fsp3) is 0.100. The van der Waals surface area contributed by atoms with Crippen molar-refractivity contribution in [3.05, 3.63) is 34.8 Å². The number of hydrogen-bond donors (Lipinski definition) is 3. The SMILES string of the molecule is Nc1ccc(NCc2nccs2)c(S(N)(=O)=O)c1. The number of benzene rings is 1. The van der Waals surface area contributed by atoms with Crippen LogP contribution < -0.4 is 16.2 Å². The summed E-state index contributed by atoms with van der Waals surface area (Å²) in [4.78, 5) is 4.08. The molecule has 0 radical (unpaired) electrons. The first-order valence-electron chi connectivity index (χ1n) is 5.01. The number of thiazole rings is 1. The molecule has 5 N–H and O–H groups in total. The van der Waals surface area contributed by atoms with E-state index in [1.165, 1.54) is 17.4 Å². The lowest BCUT2D eigenvalue weighted by atomic mass is 10.3. The van der Waals surface area contributed by atoms with E-state index in [1.54, 1.807) is 18.3 Å². The van der Waals surface area contributed by atoms with E-state index in [2.05, 4.69) is 10.3 Å². The van der Waals surface area contributed by atoms with Crippen molar-refractivity contribution in [3.63, 3.8) is 0 Å². The largest absolute Gasteiger partial charge is 0.399 e. The molecular formula is C10H12N4O2S2. The van der Waals surface area contributed by atoms with E-state index >= 15 is 0 Å². The topological polar surface area (TPSA) is 111 Å². The third-order valence-corrected chi connectivity index (χ3v) is 3.96. The lowest BCUT2D eigenvalue weighted by molar-refractivity contribution is 0.598. The number of nitrogens with two attached hydrogens (primary N) is 2. The molecule has 0 atom stereocenters. The van der Waals surface area contributed by atoms with Gasteiger partial charge in [0.25, 0.3) is 0 Å². The van der Waals surface area contributed by atoms with Crippen LogP contribution in [0.1, 0.15) is 5.01 Å². The van der Waals surface area contributed by atoms with E-state index in [-0.39, 0.29) is 4.90 Å². The molecule has 0 spiro atoms. The second-order valence-electron chi connectivity index (χ2n) is 3.58. The molecule has 6 nitrogen and oxygen atoms in total. The molecule has 2 rings (SSSR count). The Kier molecular flexibility index (Phi) is 3.50. The second-order valence-corrected chi connectivity index (χ2v) is 6.09. The van der Waals surface area contributed by atoms with Crippen LogP contribution in [-0.4, -0.2) is 13.4 Å².